The summed E-state index contributed by atoms with van der Waals surface area (Å²) in [6.45, 7) is 0.191. The highest BCUT2D eigenvalue weighted by Crippen LogP contribution is 2.26. The van der Waals surface area contributed by atoms with E-state index in [9.17, 15) is 12.8 Å². The van der Waals surface area contributed by atoms with Crippen LogP contribution in [0.25, 0.3) is 0 Å². The zero-order valence-corrected chi connectivity index (χ0v) is 13.1. The van der Waals surface area contributed by atoms with Gasteiger partial charge in [-0.1, -0.05) is 12.1 Å². The molecule has 2 rings (SSSR count). The van der Waals surface area contributed by atoms with Gasteiger partial charge in [-0.25, -0.2) is 12.8 Å². The number of sulfonamides is 1. The van der Waals surface area contributed by atoms with Crippen molar-refractivity contribution in [2.45, 2.75) is 16.6 Å². The number of nitrogens with zero attached hydrogens (tertiary/aromatic N) is 1. The average molecular weight is 334 g/mol. The summed E-state index contributed by atoms with van der Waals surface area (Å²) in [5.74, 6) is -0.0498. The number of hydrogen-bond acceptors (Lipinski definition) is 3. The van der Waals surface area contributed by atoms with Crippen LogP contribution in [0.4, 0.5) is 4.39 Å². The van der Waals surface area contributed by atoms with Crippen LogP contribution in [0, 0.1) is 5.82 Å². The molecule has 0 saturated carbocycles. The smallest absolute Gasteiger partial charge is 0.207 e. The number of alkyl halides is 1. The zero-order chi connectivity index (χ0) is 14.8. The molecule has 1 heterocycles. The Bertz CT molecular complexity index is 683. The van der Waals surface area contributed by atoms with Crippen molar-refractivity contribution in [2.75, 3.05) is 7.05 Å². The molecule has 0 fully saturated rings. The summed E-state index contributed by atoms with van der Waals surface area (Å²) in [6, 6.07) is 9.02. The van der Waals surface area contributed by atoms with Crippen molar-refractivity contribution in [3.63, 3.8) is 0 Å². The summed E-state index contributed by atoms with van der Waals surface area (Å²) in [6.07, 6.45) is 0. The van der Waals surface area contributed by atoms with Crippen molar-refractivity contribution in [2.24, 2.45) is 0 Å². The second kappa shape index (κ2) is 6.22. The summed E-state index contributed by atoms with van der Waals surface area (Å²) in [5.41, 5.74) is 0.728. The molecule has 108 valence electrons. The van der Waals surface area contributed by atoms with Gasteiger partial charge < -0.3 is 0 Å². The Morgan fingerprint density at radius 3 is 2.40 bits per heavy atom. The standard InChI is InChI=1S/C13H13ClFNO2S2/c1-16(9-10-2-4-11(15)5-3-10)20(17,18)13-7-6-12(8-14)19-13/h2-7H,8-9H2,1H3. The lowest BCUT2D eigenvalue weighted by Gasteiger charge is -2.16. The van der Waals surface area contributed by atoms with Gasteiger partial charge in [-0.2, -0.15) is 4.31 Å². The summed E-state index contributed by atoms with van der Waals surface area (Å²) in [5, 5.41) is 0. The van der Waals surface area contributed by atoms with Gasteiger partial charge in [-0.15, -0.1) is 22.9 Å². The van der Waals surface area contributed by atoms with Crippen molar-refractivity contribution in [1.82, 2.24) is 4.31 Å². The van der Waals surface area contributed by atoms with Crippen molar-refractivity contribution in [3.05, 3.63) is 52.7 Å². The largest absolute Gasteiger partial charge is 0.252 e. The zero-order valence-electron chi connectivity index (χ0n) is 10.7. The van der Waals surface area contributed by atoms with Crippen LogP contribution in [-0.2, 0) is 22.4 Å². The molecule has 0 N–H and O–H groups in total. The lowest BCUT2D eigenvalue weighted by molar-refractivity contribution is 0.468. The van der Waals surface area contributed by atoms with Gasteiger partial charge in [-0.05, 0) is 29.8 Å². The van der Waals surface area contributed by atoms with Crippen LogP contribution in [0.5, 0.6) is 0 Å². The fourth-order valence-corrected chi connectivity index (χ4v) is 4.48. The van der Waals surface area contributed by atoms with Crippen molar-refractivity contribution < 1.29 is 12.8 Å². The maximum atomic E-state index is 12.8. The van der Waals surface area contributed by atoms with Crippen molar-refractivity contribution in [1.29, 1.82) is 0 Å². The molecule has 1 aromatic carbocycles. The minimum absolute atomic E-state index is 0.191. The Kier molecular flexibility index (Phi) is 4.80. The van der Waals surface area contributed by atoms with E-state index in [1.54, 1.807) is 24.3 Å². The molecule has 0 unspecified atom stereocenters. The quantitative estimate of drug-likeness (QED) is 0.786. The molecule has 0 aliphatic rings. The monoisotopic (exact) mass is 333 g/mol. The van der Waals surface area contributed by atoms with Crippen LogP contribution in [0.1, 0.15) is 10.4 Å². The van der Waals surface area contributed by atoms with E-state index in [0.717, 1.165) is 21.8 Å². The molecule has 3 nitrogen and oxygen atoms in total. The van der Waals surface area contributed by atoms with E-state index in [4.69, 9.17) is 11.6 Å². The molecule has 0 bridgehead atoms. The minimum atomic E-state index is -3.54. The van der Waals surface area contributed by atoms with Crippen LogP contribution >= 0.6 is 22.9 Å². The molecule has 20 heavy (non-hydrogen) atoms. The van der Waals surface area contributed by atoms with Crippen LogP contribution in [-0.4, -0.2) is 19.8 Å². The normalized spacial score (nSPS) is 12.0. The molecular weight excluding hydrogens is 321 g/mol. The molecule has 0 saturated heterocycles. The summed E-state index contributed by atoms with van der Waals surface area (Å²) in [4.78, 5) is 0.806. The molecule has 0 amide bonds. The Hall–Kier alpha value is -0.950. The first-order valence-corrected chi connectivity index (χ1v) is 8.58. The van der Waals surface area contributed by atoms with Gasteiger partial charge >= 0.3 is 0 Å². The van der Waals surface area contributed by atoms with Crippen molar-refractivity contribution in [3.8, 4) is 0 Å². The first kappa shape index (κ1) is 15.4. The topological polar surface area (TPSA) is 37.4 Å². The second-order valence-electron chi connectivity index (χ2n) is 4.24. The van der Waals surface area contributed by atoms with E-state index >= 15 is 0 Å². The molecule has 0 aliphatic heterocycles. The van der Waals surface area contributed by atoms with E-state index in [1.165, 1.54) is 23.5 Å². The van der Waals surface area contributed by atoms with Gasteiger partial charge in [0.05, 0.1) is 5.88 Å². The summed E-state index contributed by atoms with van der Waals surface area (Å²) in [7, 11) is -2.04. The Morgan fingerprint density at radius 2 is 1.85 bits per heavy atom. The van der Waals surface area contributed by atoms with Crippen LogP contribution < -0.4 is 0 Å². The number of hydrogen-bond donors (Lipinski definition) is 0. The maximum absolute atomic E-state index is 12.8. The molecule has 0 aliphatic carbocycles. The minimum Gasteiger partial charge on any atom is -0.207 e. The number of rotatable bonds is 5. The third-order valence-electron chi connectivity index (χ3n) is 2.75. The molecule has 0 spiro atoms. The van der Waals surface area contributed by atoms with E-state index in [0.29, 0.717) is 5.88 Å². The maximum Gasteiger partial charge on any atom is 0.252 e. The van der Waals surface area contributed by atoms with Gasteiger partial charge in [0.15, 0.2) is 0 Å². The highest BCUT2D eigenvalue weighted by Gasteiger charge is 2.22. The average Bonchev–Trinajstić information content (AvgIpc) is 2.90. The first-order valence-electron chi connectivity index (χ1n) is 5.79. The first-order chi connectivity index (χ1) is 9.43. The molecular formula is C13H13ClFNO2S2. The number of thiophene rings is 1. The summed E-state index contributed by atoms with van der Waals surface area (Å²) < 4.78 is 39.0. The molecule has 0 radical (unpaired) electrons. The SMILES string of the molecule is CN(Cc1ccc(F)cc1)S(=O)(=O)c1ccc(CCl)s1. The molecule has 1 aromatic heterocycles. The fourth-order valence-electron chi connectivity index (χ4n) is 1.65. The summed E-state index contributed by atoms with van der Waals surface area (Å²) >= 11 is 6.84. The van der Waals surface area contributed by atoms with Gasteiger partial charge in [0, 0.05) is 18.5 Å². The number of benzene rings is 1. The lowest BCUT2D eigenvalue weighted by atomic mass is 10.2. The van der Waals surface area contributed by atoms with Gasteiger partial charge in [0.1, 0.15) is 10.0 Å². The van der Waals surface area contributed by atoms with Crippen LogP contribution in [0.15, 0.2) is 40.6 Å². The second-order valence-corrected chi connectivity index (χ2v) is 7.95. The van der Waals surface area contributed by atoms with E-state index in [-0.39, 0.29) is 16.6 Å². The predicted molar refractivity (Wildman–Crippen MR) is 78.9 cm³/mol. The highest BCUT2D eigenvalue weighted by atomic mass is 35.5. The van der Waals surface area contributed by atoms with Gasteiger partial charge in [0.2, 0.25) is 0 Å². The number of halogens is 2. The molecule has 0 atom stereocenters. The predicted octanol–water partition coefficient (Wildman–Crippen LogP) is 3.45. The highest BCUT2D eigenvalue weighted by molar-refractivity contribution is 7.91. The third-order valence-corrected chi connectivity index (χ3v) is 6.55. The Balaban J connectivity index is 2.18. The van der Waals surface area contributed by atoms with E-state index in [2.05, 4.69) is 0 Å². The fraction of sp³-hybridized carbons (Fsp3) is 0.231. The van der Waals surface area contributed by atoms with Crippen LogP contribution in [0.3, 0.4) is 0 Å². The lowest BCUT2D eigenvalue weighted by Crippen LogP contribution is -2.25. The molecule has 2 aromatic rings. The molecule has 7 heteroatoms. The Labute approximate surface area is 126 Å². The van der Waals surface area contributed by atoms with E-state index < -0.39 is 10.0 Å². The Morgan fingerprint density at radius 1 is 1.20 bits per heavy atom. The van der Waals surface area contributed by atoms with Gasteiger partial charge in [-0.3, -0.25) is 0 Å². The van der Waals surface area contributed by atoms with Crippen molar-refractivity contribution >= 4 is 33.0 Å². The van der Waals surface area contributed by atoms with Crippen LogP contribution in [0.2, 0.25) is 0 Å². The van der Waals surface area contributed by atoms with E-state index in [1.807, 2.05) is 0 Å². The third kappa shape index (κ3) is 3.38. The van der Waals surface area contributed by atoms with Gasteiger partial charge in [0.25, 0.3) is 10.0 Å².